The van der Waals surface area contributed by atoms with Crippen molar-refractivity contribution >= 4 is 11.6 Å². The molecule has 23 heavy (non-hydrogen) atoms. The van der Waals surface area contributed by atoms with Gasteiger partial charge in [-0.1, -0.05) is 30.3 Å². The molecule has 1 amide bonds. The van der Waals surface area contributed by atoms with Crippen LogP contribution in [0.15, 0.2) is 48.5 Å². The number of anilines is 1. The van der Waals surface area contributed by atoms with Crippen molar-refractivity contribution in [1.82, 2.24) is 0 Å². The third-order valence-corrected chi connectivity index (χ3v) is 4.37. The van der Waals surface area contributed by atoms with E-state index >= 15 is 0 Å². The molecule has 0 bridgehead atoms. The van der Waals surface area contributed by atoms with Gasteiger partial charge in [-0.25, -0.2) is 0 Å². The van der Waals surface area contributed by atoms with Crippen molar-refractivity contribution in [3.8, 4) is 5.75 Å². The average Bonchev–Trinajstić information content (AvgIpc) is 2.98. The van der Waals surface area contributed by atoms with Gasteiger partial charge < -0.3 is 14.7 Å². The fourth-order valence-corrected chi connectivity index (χ4v) is 3.05. The number of methoxy groups -OCH3 is 1. The summed E-state index contributed by atoms with van der Waals surface area (Å²) in [7, 11) is 1.64. The van der Waals surface area contributed by atoms with Gasteiger partial charge in [0.1, 0.15) is 5.75 Å². The van der Waals surface area contributed by atoms with Gasteiger partial charge in [0.2, 0.25) is 5.91 Å². The average molecular weight is 311 g/mol. The summed E-state index contributed by atoms with van der Waals surface area (Å²) in [6, 6.07) is 15.1. The van der Waals surface area contributed by atoms with Gasteiger partial charge >= 0.3 is 0 Å². The summed E-state index contributed by atoms with van der Waals surface area (Å²) in [5.74, 6) is 0.733. The first kappa shape index (κ1) is 15.6. The van der Waals surface area contributed by atoms with Crippen LogP contribution in [0.4, 0.5) is 5.69 Å². The standard InChI is InChI=1S/C19H21NO3/c1-19(22,15-6-4-3-5-7-15)13-18(21)20-11-10-14-12-16(23-2)8-9-17(14)20/h3-9,12,22H,10-11,13H2,1-2H3. The highest BCUT2D eigenvalue weighted by atomic mass is 16.5. The number of nitrogens with zero attached hydrogens (tertiary/aromatic N) is 1. The zero-order chi connectivity index (χ0) is 16.4. The largest absolute Gasteiger partial charge is 0.497 e. The van der Waals surface area contributed by atoms with Crippen LogP contribution >= 0.6 is 0 Å². The molecule has 4 heteroatoms. The van der Waals surface area contributed by atoms with Crippen LogP contribution < -0.4 is 9.64 Å². The summed E-state index contributed by atoms with van der Waals surface area (Å²) >= 11 is 0. The van der Waals surface area contributed by atoms with Crippen LogP contribution in [0.3, 0.4) is 0 Å². The third kappa shape index (κ3) is 3.08. The second-order valence-electron chi connectivity index (χ2n) is 6.11. The lowest BCUT2D eigenvalue weighted by Gasteiger charge is -2.26. The SMILES string of the molecule is COc1ccc2c(c1)CCN2C(=O)CC(C)(O)c1ccccc1. The Bertz CT molecular complexity index is 710. The number of rotatable bonds is 4. The smallest absolute Gasteiger partial charge is 0.230 e. The van der Waals surface area contributed by atoms with Crippen molar-refractivity contribution in [1.29, 1.82) is 0 Å². The summed E-state index contributed by atoms with van der Waals surface area (Å²) in [6.45, 7) is 2.33. The minimum absolute atomic E-state index is 0.0580. The first-order valence-electron chi connectivity index (χ1n) is 7.76. The Balaban J connectivity index is 1.78. The second-order valence-corrected chi connectivity index (χ2v) is 6.11. The number of amides is 1. The number of carbonyl (C=O) groups excluding carboxylic acids is 1. The Labute approximate surface area is 136 Å². The van der Waals surface area contributed by atoms with Crippen molar-refractivity contribution in [3.05, 3.63) is 59.7 Å². The molecule has 1 N–H and O–H groups in total. The summed E-state index contributed by atoms with van der Waals surface area (Å²) in [6.07, 6.45) is 0.869. The van der Waals surface area contributed by atoms with Crippen LogP contribution in [0.1, 0.15) is 24.5 Å². The van der Waals surface area contributed by atoms with E-state index in [1.165, 1.54) is 0 Å². The van der Waals surface area contributed by atoms with E-state index < -0.39 is 5.60 Å². The van der Waals surface area contributed by atoms with Crippen LogP contribution in [0.2, 0.25) is 0 Å². The van der Waals surface area contributed by atoms with Crippen molar-refractivity contribution in [2.45, 2.75) is 25.4 Å². The number of hydrogen-bond donors (Lipinski definition) is 1. The van der Waals surface area contributed by atoms with E-state index in [1.807, 2.05) is 48.5 Å². The maximum Gasteiger partial charge on any atom is 0.230 e. The van der Waals surface area contributed by atoms with Crippen LogP contribution in [-0.4, -0.2) is 24.7 Å². The highest BCUT2D eigenvalue weighted by Crippen LogP contribution is 2.33. The maximum atomic E-state index is 12.7. The summed E-state index contributed by atoms with van der Waals surface area (Å²) in [4.78, 5) is 14.4. The molecule has 120 valence electrons. The van der Waals surface area contributed by atoms with E-state index in [9.17, 15) is 9.90 Å². The Morgan fingerprint density at radius 1 is 1.26 bits per heavy atom. The predicted molar refractivity (Wildman–Crippen MR) is 89.7 cm³/mol. The Morgan fingerprint density at radius 2 is 2.00 bits per heavy atom. The number of ether oxygens (including phenoxy) is 1. The Hall–Kier alpha value is -2.33. The summed E-state index contributed by atoms with van der Waals surface area (Å²) in [5, 5.41) is 10.7. The molecule has 4 nitrogen and oxygen atoms in total. The highest BCUT2D eigenvalue weighted by molar-refractivity contribution is 5.96. The molecule has 0 aliphatic carbocycles. The molecule has 3 rings (SSSR count). The number of carbonyl (C=O) groups is 1. The van der Waals surface area contributed by atoms with Crippen LogP contribution in [0.5, 0.6) is 5.75 Å². The molecule has 1 heterocycles. The highest BCUT2D eigenvalue weighted by Gasteiger charge is 2.32. The molecule has 0 aromatic heterocycles. The zero-order valence-corrected chi connectivity index (χ0v) is 13.5. The predicted octanol–water partition coefficient (Wildman–Crippen LogP) is 2.88. The molecule has 0 radical (unpaired) electrons. The molecule has 1 aliphatic rings. The van der Waals surface area contributed by atoms with Gasteiger partial charge in [0.15, 0.2) is 0 Å². The van der Waals surface area contributed by atoms with Crippen LogP contribution in [0, 0.1) is 0 Å². The van der Waals surface area contributed by atoms with E-state index in [-0.39, 0.29) is 12.3 Å². The van der Waals surface area contributed by atoms with Gasteiger partial charge in [-0.15, -0.1) is 0 Å². The van der Waals surface area contributed by atoms with E-state index in [4.69, 9.17) is 4.74 Å². The van der Waals surface area contributed by atoms with Crippen molar-refractivity contribution in [3.63, 3.8) is 0 Å². The normalized spacial score (nSPS) is 15.9. The lowest BCUT2D eigenvalue weighted by Crippen LogP contribution is -2.35. The molecule has 1 atom stereocenters. The van der Waals surface area contributed by atoms with E-state index in [0.717, 1.165) is 29.0 Å². The van der Waals surface area contributed by atoms with Gasteiger partial charge in [0.25, 0.3) is 0 Å². The van der Waals surface area contributed by atoms with Crippen molar-refractivity contribution in [2.24, 2.45) is 0 Å². The molecule has 2 aromatic carbocycles. The van der Waals surface area contributed by atoms with Gasteiger partial charge in [-0.3, -0.25) is 4.79 Å². The van der Waals surface area contributed by atoms with Crippen LogP contribution in [0.25, 0.3) is 0 Å². The zero-order valence-electron chi connectivity index (χ0n) is 13.5. The third-order valence-electron chi connectivity index (χ3n) is 4.37. The Morgan fingerprint density at radius 3 is 2.70 bits per heavy atom. The second kappa shape index (κ2) is 6.05. The molecule has 0 fully saturated rings. The van der Waals surface area contributed by atoms with Gasteiger partial charge in [-0.05, 0) is 42.7 Å². The van der Waals surface area contributed by atoms with Crippen LogP contribution in [-0.2, 0) is 16.8 Å². The maximum absolute atomic E-state index is 12.7. The number of hydrogen-bond acceptors (Lipinski definition) is 3. The van der Waals surface area contributed by atoms with Crippen molar-refractivity contribution < 1.29 is 14.6 Å². The monoisotopic (exact) mass is 311 g/mol. The molecule has 1 unspecified atom stereocenters. The quantitative estimate of drug-likeness (QED) is 0.944. The molecule has 0 spiro atoms. The van der Waals surface area contributed by atoms with E-state index in [0.29, 0.717) is 6.54 Å². The molecule has 1 aliphatic heterocycles. The van der Waals surface area contributed by atoms with E-state index in [1.54, 1.807) is 18.9 Å². The first-order valence-corrected chi connectivity index (χ1v) is 7.76. The fourth-order valence-electron chi connectivity index (χ4n) is 3.05. The molecular weight excluding hydrogens is 290 g/mol. The fraction of sp³-hybridized carbons (Fsp3) is 0.316. The van der Waals surface area contributed by atoms with E-state index in [2.05, 4.69) is 0 Å². The molecular formula is C19H21NO3. The topological polar surface area (TPSA) is 49.8 Å². The first-order chi connectivity index (χ1) is 11.0. The molecule has 2 aromatic rings. The lowest BCUT2D eigenvalue weighted by molar-refractivity contribution is -0.123. The molecule has 0 saturated heterocycles. The minimum Gasteiger partial charge on any atom is -0.497 e. The Kier molecular flexibility index (Phi) is 4.09. The van der Waals surface area contributed by atoms with Crippen molar-refractivity contribution in [2.75, 3.05) is 18.6 Å². The molecule has 0 saturated carbocycles. The van der Waals surface area contributed by atoms with Gasteiger partial charge in [0.05, 0.1) is 19.1 Å². The minimum atomic E-state index is -1.17. The summed E-state index contributed by atoms with van der Waals surface area (Å²) < 4.78 is 5.23. The van der Waals surface area contributed by atoms with Gasteiger partial charge in [0, 0.05) is 12.2 Å². The number of aliphatic hydroxyl groups is 1. The summed E-state index contributed by atoms with van der Waals surface area (Å²) in [5.41, 5.74) is 1.60. The lowest BCUT2D eigenvalue weighted by atomic mass is 9.92. The van der Waals surface area contributed by atoms with Gasteiger partial charge in [-0.2, -0.15) is 0 Å². The number of fused-ring (bicyclic) bond motifs is 1. The number of benzene rings is 2.